The van der Waals surface area contributed by atoms with Gasteiger partial charge in [-0.05, 0) is 30.9 Å². The van der Waals surface area contributed by atoms with E-state index in [2.05, 4.69) is 27.0 Å². The number of aromatic nitrogens is 2. The molecular weight excluding hydrogens is 270 g/mol. The molecule has 4 nitrogen and oxygen atoms in total. The number of likely N-dealkylation sites (N-methyl/N-ethyl adjacent to an activating group) is 1. The molecule has 0 amide bonds. The second-order valence-electron chi connectivity index (χ2n) is 5.09. The van der Waals surface area contributed by atoms with Gasteiger partial charge in [0.25, 0.3) is 0 Å². The Morgan fingerprint density at radius 3 is 3.15 bits per heavy atom. The lowest BCUT2D eigenvalue weighted by molar-refractivity contribution is 0.220. The molecule has 2 aromatic rings. The van der Waals surface area contributed by atoms with Gasteiger partial charge in [-0.3, -0.25) is 0 Å². The molecule has 0 bridgehead atoms. The molecular formula is C15H19N3OS. The minimum absolute atomic E-state index is 0.274. The van der Waals surface area contributed by atoms with Gasteiger partial charge in [0.15, 0.2) is 4.77 Å². The molecule has 0 saturated heterocycles. The molecule has 0 aliphatic carbocycles. The van der Waals surface area contributed by atoms with Crippen LogP contribution in [-0.2, 0) is 12.8 Å². The summed E-state index contributed by atoms with van der Waals surface area (Å²) in [5.74, 6) is 1.00. The third kappa shape index (κ3) is 2.51. The fourth-order valence-electron chi connectivity index (χ4n) is 2.74. The zero-order valence-electron chi connectivity index (χ0n) is 11.6. The van der Waals surface area contributed by atoms with Crippen LogP contribution in [0.25, 0.3) is 0 Å². The predicted molar refractivity (Wildman–Crippen MR) is 81.9 cm³/mol. The van der Waals surface area contributed by atoms with E-state index in [4.69, 9.17) is 17.0 Å². The molecule has 1 aliphatic heterocycles. The number of hydrogen-bond acceptors (Lipinski definition) is 3. The molecule has 2 heterocycles. The lowest BCUT2D eigenvalue weighted by atomic mass is 10.0. The summed E-state index contributed by atoms with van der Waals surface area (Å²) in [5, 5.41) is 3.18. The van der Waals surface area contributed by atoms with E-state index in [1.165, 1.54) is 11.3 Å². The molecule has 5 heteroatoms. The van der Waals surface area contributed by atoms with Crippen molar-refractivity contribution in [1.29, 1.82) is 0 Å². The number of fused-ring (bicyclic) bond motifs is 1. The molecule has 3 rings (SSSR count). The highest BCUT2D eigenvalue weighted by atomic mass is 32.1. The van der Waals surface area contributed by atoms with Crippen molar-refractivity contribution in [3.63, 3.8) is 0 Å². The van der Waals surface area contributed by atoms with Crippen molar-refractivity contribution in [2.75, 3.05) is 20.2 Å². The van der Waals surface area contributed by atoms with Crippen molar-refractivity contribution in [2.45, 2.75) is 18.9 Å². The topological polar surface area (TPSA) is 42.0 Å². The number of imidazole rings is 1. The molecule has 1 atom stereocenters. The van der Waals surface area contributed by atoms with Crippen molar-refractivity contribution in [2.24, 2.45) is 0 Å². The summed E-state index contributed by atoms with van der Waals surface area (Å²) in [7, 11) is 1.96. The highest BCUT2D eigenvalue weighted by molar-refractivity contribution is 7.71. The molecule has 2 N–H and O–H groups in total. The van der Waals surface area contributed by atoms with Gasteiger partial charge in [0.2, 0.25) is 0 Å². The molecule has 1 aromatic carbocycles. The van der Waals surface area contributed by atoms with Crippen LogP contribution >= 0.6 is 12.2 Å². The molecule has 0 radical (unpaired) electrons. The van der Waals surface area contributed by atoms with E-state index in [0.717, 1.165) is 29.9 Å². The van der Waals surface area contributed by atoms with Crippen molar-refractivity contribution >= 4 is 12.2 Å². The zero-order chi connectivity index (χ0) is 13.9. The number of nitrogens with zero attached hydrogens (tertiary/aromatic N) is 1. The van der Waals surface area contributed by atoms with E-state index in [1.54, 1.807) is 0 Å². The largest absolute Gasteiger partial charge is 0.491 e. The second-order valence-corrected chi connectivity index (χ2v) is 5.47. The van der Waals surface area contributed by atoms with Gasteiger partial charge in [-0.1, -0.05) is 18.2 Å². The Morgan fingerprint density at radius 2 is 2.30 bits per heavy atom. The summed E-state index contributed by atoms with van der Waals surface area (Å²) in [4.78, 5) is 3.16. The van der Waals surface area contributed by atoms with Crippen molar-refractivity contribution in [3.8, 4) is 5.75 Å². The van der Waals surface area contributed by atoms with E-state index in [0.29, 0.717) is 6.61 Å². The molecule has 1 aliphatic rings. The van der Waals surface area contributed by atoms with E-state index in [-0.39, 0.29) is 6.04 Å². The SMILES string of the molecule is CNCCc1c[nH]c(=S)n1[C@H]1COc2ccccc2C1. The van der Waals surface area contributed by atoms with E-state index < -0.39 is 0 Å². The molecule has 0 unspecified atom stereocenters. The maximum atomic E-state index is 5.88. The zero-order valence-corrected chi connectivity index (χ0v) is 12.4. The van der Waals surface area contributed by atoms with Crippen molar-refractivity contribution in [3.05, 3.63) is 46.5 Å². The summed E-state index contributed by atoms with van der Waals surface area (Å²) in [6.07, 6.45) is 3.94. The van der Waals surface area contributed by atoms with Crippen LogP contribution in [0.1, 0.15) is 17.3 Å². The van der Waals surface area contributed by atoms with Gasteiger partial charge in [-0.15, -0.1) is 0 Å². The maximum absolute atomic E-state index is 5.88. The smallest absolute Gasteiger partial charge is 0.177 e. The van der Waals surface area contributed by atoms with Gasteiger partial charge in [0.1, 0.15) is 12.4 Å². The molecule has 20 heavy (non-hydrogen) atoms. The van der Waals surface area contributed by atoms with Crippen LogP contribution in [0.3, 0.4) is 0 Å². The number of aromatic amines is 1. The van der Waals surface area contributed by atoms with Gasteiger partial charge in [-0.25, -0.2) is 0 Å². The van der Waals surface area contributed by atoms with E-state index >= 15 is 0 Å². The predicted octanol–water partition coefficient (Wildman–Crippen LogP) is 2.48. The van der Waals surface area contributed by atoms with Crippen LogP contribution in [0.2, 0.25) is 0 Å². The van der Waals surface area contributed by atoms with Crippen LogP contribution in [0.5, 0.6) is 5.75 Å². The van der Waals surface area contributed by atoms with Crippen molar-refractivity contribution in [1.82, 2.24) is 14.9 Å². The molecule has 1 aromatic heterocycles. The number of nitrogens with one attached hydrogen (secondary N) is 2. The lowest BCUT2D eigenvalue weighted by Gasteiger charge is -2.27. The lowest BCUT2D eigenvalue weighted by Crippen LogP contribution is -2.26. The fourth-order valence-corrected chi connectivity index (χ4v) is 3.06. The quantitative estimate of drug-likeness (QED) is 0.850. The third-order valence-corrected chi connectivity index (χ3v) is 4.06. The van der Waals surface area contributed by atoms with Crippen LogP contribution < -0.4 is 10.1 Å². The second kappa shape index (κ2) is 5.81. The maximum Gasteiger partial charge on any atom is 0.177 e. The number of para-hydroxylation sites is 1. The van der Waals surface area contributed by atoms with Gasteiger partial charge in [0.05, 0.1) is 6.04 Å². The van der Waals surface area contributed by atoms with Crippen LogP contribution in [-0.4, -0.2) is 29.8 Å². The van der Waals surface area contributed by atoms with Gasteiger partial charge in [0, 0.05) is 31.3 Å². The Hall–Kier alpha value is -1.59. The Balaban J connectivity index is 1.88. The first-order chi connectivity index (χ1) is 9.79. The Bertz CT molecular complexity index is 647. The first-order valence-electron chi connectivity index (χ1n) is 6.93. The summed E-state index contributed by atoms with van der Waals surface area (Å²) < 4.78 is 8.87. The Labute approximate surface area is 123 Å². The minimum atomic E-state index is 0.274. The third-order valence-electron chi connectivity index (χ3n) is 3.75. The molecule has 0 fully saturated rings. The number of hydrogen-bond donors (Lipinski definition) is 2. The number of benzene rings is 1. The monoisotopic (exact) mass is 289 g/mol. The highest BCUT2D eigenvalue weighted by Crippen LogP contribution is 2.30. The average Bonchev–Trinajstić information content (AvgIpc) is 2.85. The minimum Gasteiger partial charge on any atom is -0.491 e. The van der Waals surface area contributed by atoms with Gasteiger partial charge in [-0.2, -0.15) is 0 Å². The summed E-state index contributed by atoms with van der Waals surface area (Å²) in [5.41, 5.74) is 2.49. The summed E-state index contributed by atoms with van der Waals surface area (Å²) in [6.45, 7) is 1.62. The van der Waals surface area contributed by atoms with Crippen LogP contribution in [0.15, 0.2) is 30.5 Å². The Kier molecular flexibility index (Phi) is 3.89. The fraction of sp³-hybridized carbons (Fsp3) is 0.400. The Morgan fingerprint density at radius 1 is 1.45 bits per heavy atom. The molecule has 0 saturated carbocycles. The number of H-pyrrole nitrogens is 1. The molecule has 0 spiro atoms. The first kappa shape index (κ1) is 13.4. The van der Waals surface area contributed by atoms with E-state index in [1.807, 2.05) is 25.4 Å². The van der Waals surface area contributed by atoms with Gasteiger partial charge < -0.3 is 19.6 Å². The summed E-state index contributed by atoms with van der Waals surface area (Å²) in [6, 6.07) is 8.51. The highest BCUT2D eigenvalue weighted by Gasteiger charge is 2.23. The van der Waals surface area contributed by atoms with E-state index in [9.17, 15) is 0 Å². The number of rotatable bonds is 4. The summed E-state index contributed by atoms with van der Waals surface area (Å²) >= 11 is 5.43. The normalized spacial score (nSPS) is 17.6. The van der Waals surface area contributed by atoms with Crippen LogP contribution in [0.4, 0.5) is 0 Å². The molecule has 106 valence electrons. The standard InChI is InChI=1S/C15H19N3OS/c1-16-7-6-12-9-17-15(20)18(12)13-8-11-4-2-3-5-14(11)19-10-13/h2-5,9,13,16H,6-8,10H2,1H3,(H,17,20)/t13-/m1/s1. The number of ether oxygens (including phenoxy) is 1. The van der Waals surface area contributed by atoms with Crippen molar-refractivity contribution < 1.29 is 4.74 Å². The van der Waals surface area contributed by atoms with Crippen LogP contribution in [0, 0.1) is 4.77 Å². The first-order valence-corrected chi connectivity index (χ1v) is 7.34. The van der Waals surface area contributed by atoms with Gasteiger partial charge >= 0.3 is 0 Å². The average molecular weight is 289 g/mol.